The Morgan fingerprint density at radius 3 is 3.06 bits per heavy atom. The molecule has 1 aromatic carbocycles. The first kappa shape index (κ1) is 13.0. The third-order valence-corrected chi connectivity index (χ3v) is 3.25. The SMILES string of the molecule is CC1COCCN1c1ccc(Cl)cc1/C(N)=N/O. The molecule has 6 heteroatoms. The van der Waals surface area contributed by atoms with Crippen molar-refractivity contribution < 1.29 is 9.94 Å². The molecule has 1 fully saturated rings. The van der Waals surface area contributed by atoms with Gasteiger partial charge in [0.15, 0.2) is 5.84 Å². The number of morpholine rings is 1. The van der Waals surface area contributed by atoms with E-state index in [2.05, 4.69) is 17.0 Å². The van der Waals surface area contributed by atoms with Crippen LogP contribution in [-0.4, -0.2) is 36.8 Å². The fourth-order valence-electron chi connectivity index (χ4n) is 2.10. The molecule has 0 amide bonds. The van der Waals surface area contributed by atoms with Crippen molar-refractivity contribution in [3.63, 3.8) is 0 Å². The van der Waals surface area contributed by atoms with E-state index in [4.69, 9.17) is 27.3 Å². The highest BCUT2D eigenvalue weighted by molar-refractivity contribution is 6.31. The summed E-state index contributed by atoms with van der Waals surface area (Å²) in [5.41, 5.74) is 7.25. The van der Waals surface area contributed by atoms with E-state index in [1.807, 2.05) is 6.07 Å². The minimum Gasteiger partial charge on any atom is -0.409 e. The first-order valence-corrected chi connectivity index (χ1v) is 6.13. The molecule has 1 unspecified atom stereocenters. The number of ether oxygens (including phenoxy) is 1. The van der Waals surface area contributed by atoms with E-state index < -0.39 is 0 Å². The number of rotatable bonds is 2. The van der Waals surface area contributed by atoms with E-state index in [0.29, 0.717) is 23.8 Å². The normalized spacial score (nSPS) is 21.1. The summed E-state index contributed by atoms with van der Waals surface area (Å²) >= 11 is 5.96. The molecule has 0 radical (unpaired) electrons. The Kier molecular flexibility index (Phi) is 3.93. The second-order valence-electron chi connectivity index (χ2n) is 4.26. The van der Waals surface area contributed by atoms with E-state index in [0.717, 1.165) is 12.2 Å². The molecule has 2 rings (SSSR count). The Bertz CT molecular complexity index is 465. The number of nitrogens with zero attached hydrogens (tertiary/aromatic N) is 2. The summed E-state index contributed by atoms with van der Waals surface area (Å²) in [7, 11) is 0. The molecule has 0 aliphatic carbocycles. The number of nitrogens with two attached hydrogens (primary N) is 1. The lowest BCUT2D eigenvalue weighted by Gasteiger charge is -2.36. The first-order valence-electron chi connectivity index (χ1n) is 5.75. The third kappa shape index (κ3) is 2.52. The summed E-state index contributed by atoms with van der Waals surface area (Å²) in [6.07, 6.45) is 0. The summed E-state index contributed by atoms with van der Waals surface area (Å²) in [4.78, 5) is 2.17. The molecular formula is C12H16ClN3O2. The Labute approximate surface area is 111 Å². The zero-order valence-electron chi connectivity index (χ0n) is 10.1. The number of oxime groups is 1. The molecular weight excluding hydrogens is 254 g/mol. The molecule has 0 saturated carbocycles. The molecule has 1 aromatic rings. The maximum absolute atomic E-state index is 8.84. The van der Waals surface area contributed by atoms with Crippen molar-refractivity contribution in [2.24, 2.45) is 10.9 Å². The molecule has 1 heterocycles. The predicted octanol–water partition coefficient (Wildman–Crippen LogP) is 1.66. The topological polar surface area (TPSA) is 71.1 Å². The van der Waals surface area contributed by atoms with Gasteiger partial charge < -0.3 is 20.6 Å². The van der Waals surface area contributed by atoms with Crippen LogP contribution < -0.4 is 10.6 Å². The van der Waals surface area contributed by atoms with Crippen molar-refractivity contribution in [1.29, 1.82) is 0 Å². The van der Waals surface area contributed by atoms with Gasteiger partial charge in [-0.15, -0.1) is 0 Å². The van der Waals surface area contributed by atoms with Crippen molar-refractivity contribution in [2.75, 3.05) is 24.7 Å². The van der Waals surface area contributed by atoms with Gasteiger partial charge in [0.25, 0.3) is 0 Å². The highest BCUT2D eigenvalue weighted by atomic mass is 35.5. The average molecular weight is 270 g/mol. The van der Waals surface area contributed by atoms with Crippen LogP contribution in [0, 0.1) is 0 Å². The largest absolute Gasteiger partial charge is 0.409 e. The van der Waals surface area contributed by atoms with Crippen molar-refractivity contribution >= 4 is 23.1 Å². The zero-order chi connectivity index (χ0) is 13.1. The average Bonchev–Trinajstić information content (AvgIpc) is 2.39. The van der Waals surface area contributed by atoms with Gasteiger partial charge in [0.1, 0.15) is 0 Å². The molecule has 1 saturated heterocycles. The van der Waals surface area contributed by atoms with Gasteiger partial charge in [-0.2, -0.15) is 0 Å². The van der Waals surface area contributed by atoms with Gasteiger partial charge in [0.05, 0.1) is 13.2 Å². The summed E-state index contributed by atoms with van der Waals surface area (Å²) < 4.78 is 5.41. The van der Waals surface area contributed by atoms with Gasteiger partial charge in [0.2, 0.25) is 0 Å². The van der Waals surface area contributed by atoms with E-state index in [1.165, 1.54) is 0 Å². The zero-order valence-corrected chi connectivity index (χ0v) is 10.9. The Balaban J connectivity index is 2.42. The quantitative estimate of drug-likeness (QED) is 0.371. The predicted molar refractivity (Wildman–Crippen MR) is 71.6 cm³/mol. The molecule has 1 atom stereocenters. The second-order valence-corrected chi connectivity index (χ2v) is 4.70. The Hall–Kier alpha value is -1.46. The van der Waals surface area contributed by atoms with Gasteiger partial charge in [-0.25, -0.2) is 0 Å². The molecule has 3 N–H and O–H groups in total. The monoisotopic (exact) mass is 269 g/mol. The molecule has 0 bridgehead atoms. The number of halogens is 1. The van der Waals surface area contributed by atoms with Crippen molar-refractivity contribution in [2.45, 2.75) is 13.0 Å². The molecule has 18 heavy (non-hydrogen) atoms. The molecule has 1 aliphatic rings. The fraction of sp³-hybridized carbons (Fsp3) is 0.417. The number of anilines is 1. The first-order chi connectivity index (χ1) is 8.63. The maximum atomic E-state index is 8.84. The maximum Gasteiger partial charge on any atom is 0.172 e. The third-order valence-electron chi connectivity index (χ3n) is 3.02. The lowest BCUT2D eigenvalue weighted by Crippen LogP contribution is -2.44. The minimum atomic E-state index is 0.0613. The molecule has 0 aromatic heterocycles. The second kappa shape index (κ2) is 5.46. The highest BCUT2D eigenvalue weighted by Crippen LogP contribution is 2.27. The lowest BCUT2D eigenvalue weighted by atomic mass is 10.1. The number of hydrogen-bond acceptors (Lipinski definition) is 4. The smallest absolute Gasteiger partial charge is 0.172 e. The van der Waals surface area contributed by atoms with Gasteiger partial charge in [-0.3, -0.25) is 0 Å². The Morgan fingerprint density at radius 2 is 2.39 bits per heavy atom. The molecule has 5 nitrogen and oxygen atoms in total. The van der Waals surface area contributed by atoms with E-state index in [1.54, 1.807) is 12.1 Å². The molecule has 98 valence electrons. The minimum absolute atomic E-state index is 0.0613. The van der Waals surface area contributed by atoms with E-state index in [9.17, 15) is 0 Å². The van der Waals surface area contributed by atoms with Crippen LogP contribution in [0.2, 0.25) is 5.02 Å². The van der Waals surface area contributed by atoms with Gasteiger partial charge in [-0.1, -0.05) is 16.8 Å². The van der Waals surface area contributed by atoms with Crippen LogP contribution in [0.4, 0.5) is 5.69 Å². The summed E-state index contributed by atoms with van der Waals surface area (Å²) in [6.45, 7) is 4.18. The van der Waals surface area contributed by atoms with Crippen LogP contribution in [0.15, 0.2) is 23.4 Å². The van der Waals surface area contributed by atoms with Crippen LogP contribution in [0.25, 0.3) is 0 Å². The van der Waals surface area contributed by atoms with Crippen LogP contribution in [0.1, 0.15) is 12.5 Å². The van der Waals surface area contributed by atoms with Gasteiger partial charge >= 0.3 is 0 Å². The fourth-order valence-corrected chi connectivity index (χ4v) is 2.27. The molecule has 1 aliphatic heterocycles. The Morgan fingerprint density at radius 1 is 1.61 bits per heavy atom. The van der Waals surface area contributed by atoms with Gasteiger partial charge in [-0.05, 0) is 25.1 Å². The highest BCUT2D eigenvalue weighted by Gasteiger charge is 2.22. The van der Waals surface area contributed by atoms with Crippen LogP contribution in [0.3, 0.4) is 0 Å². The van der Waals surface area contributed by atoms with Crippen LogP contribution in [0.5, 0.6) is 0 Å². The van der Waals surface area contributed by atoms with Crippen molar-refractivity contribution in [3.8, 4) is 0 Å². The van der Waals surface area contributed by atoms with Crippen molar-refractivity contribution in [1.82, 2.24) is 0 Å². The van der Waals surface area contributed by atoms with E-state index in [-0.39, 0.29) is 11.9 Å². The molecule has 0 spiro atoms. The number of amidine groups is 1. The standard InChI is InChI=1S/C12H16ClN3O2/c1-8-7-18-5-4-16(8)11-3-2-9(13)6-10(11)12(14)15-17/h2-3,6,8,17H,4-5,7H2,1H3,(H2,14,15). The lowest BCUT2D eigenvalue weighted by molar-refractivity contribution is 0.0989. The number of hydrogen-bond donors (Lipinski definition) is 2. The van der Waals surface area contributed by atoms with E-state index >= 15 is 0 Å². The van der Waals surface area contributed by atoms with Crippen molar-refractivity contribution in [3.05, 3.63) is 28.8 Å². The number of benzene rings is 1. The van der Waals surface area contributed by atoms with Gasteiger partial charge in [0, 0.05) is 28.9 Å². The van der Waals surface area contributed by atoms with Crippen LogP contribution >= 0.6 is 11.6 Å². The summed E-state index contributed by atoms with van der Waals surface area (Å²) in [5.74, 6) is 0.0613. The summed E-state index contributed by atoms with van der Waals surface area (Å²) in [5, 5.41) is 12.5. The summed E-state index contributed by atoms with van der Waals surface area (Å²) in [6, 6.07) is 5.63. The van der Waals surface area contributed by atoms with Crippen LogP contribution in [-0.2, 0) is 4.74 Å².